The number of ether oxygens (including phenoxy) is 1. The Kier molecular flexibility index (Phi) is 4.95. The Morgan fingerprint density at radius 1 is 1.42 bits per heavy atom. The van der Waals surface area contributed by atoms with Gasteiger partial charge in [-0.2, -0.15) is 5.10 Å². The van der Waals surface area contributed by atoms with Gasteiger partial charge in [-0.3, -0.25) is 0 Å². The highest BCUT2D eigenvalue weighted by molar-refractivity contribution is 7.90. The molecule has 1 aliphatic heterocycles. The predicted molar refractivity (Wildman–Crippen MR) is 96.7 cm³/mol. The van der Waals surface area contributed by atoms with E-state index in [1.165, 1.54) is 0 Å². The van der Waals surface area contributed by atoms with Gasteiger partial charge in [0.1, 0.15) is 10.8 Å². The van der Waals surface area contributed by atoms with Crippen molar-refractivity contribution in [2.24, 2.45) is 0 Å². The van der Waals surface area contributed by atoms with Crippen LogP contribution in [0.25, 0.3) is 5.69 Å². The van der Waals surface area contributed by atoms with Crippen molar-refractivity contribution in [1.82, 2.24) is 14.5 Å². The largest absolute Gasteiger partial charge is 0.598 e. The Morgan fingerprint density at radius 2 is 2.17 bits per heavy atom. The van der Waals surface area contributed by atoms with E-state index < -0.39 is 11.4 Å². The van der Waals surface area contributed by atoms with Crippen molar-refractivity contribution in [3.8, 4) is 5.69 Å². The maximum absolute atomic E-state index is 12.4. The third-order valence-corrected chi connectivity index (χ3v) is 5.92. The maximum atomic E-state index is 12.4. The molecular weight excluding hydrogens is 346 g/mol. The van der Waals surface area contributed by atoms with E-state index in [2.05, 4.69) is 9.82 Å². The van der Waals surface area contributed by atoms with E-state index in [9.17, 15) is 4.55 Å². The monoisotopic (exact) mass is 367 g/mol. The van der Waals surface area contributed by atoms with Gasteiger partial charge in [0.15, 0.2) is 0 Å². The molecule has 7 heteroatoms. The Balaban J connectivity index is 1.96. The number of aryl methyl sites for hydroxylation is 1. The smallest absolute Gasteiger partial charge is 0.136 e. The van der Waals surface area contributed by atoms with Crippen molar-refractivity contribution in [1.29, 1.82) is 0 Å². The van der Waals surface area contributed by atoms with Crippen molar-refractivity contribution in [2.75, 3.05) is 6.61 Å². The predicted octanol–water partition coefficient (Wildman–Crippen LogP) is 3.46. The lowest BCUT2D eigenvalue weighted by atomic mass is 10.1. The summed E-state index contributed by atoms with van der Waals surface area (Å²) in [5.41, 5.74) is 3.86. The first-order valence-corrected chi connectivity index (χ1v) is 9.40. The molecule has 3 rings (SSSR count). The second-order valence-electron chi connectivity index (χ2n) is 6.93. The quantitative estimate of drug-likeness (QED) is 0.844. The van der Waals surface area contributed by atoms with Gasteiger partial charge in [-0.1, -0.05) is 23.7 Å². The molecule has 24 heavy (non-hydrogen) atoms. The summed E-state index contributed by atoms with van der Waals surface area (Å²) >= 11 is 5.20. The van der Waals surface area contributed by atoms with E-state index in [0.717, 1.165) is 22.5 Å². The summed E-state index contributed by atoms with van der Waals surface area (Å²) in [5.74, 6) is 0. The fourth-order valence-corrected chi connectivity index (χ4v) is 3.78. The van der Waals surface area contributed by atoms with E-state index in [1.807, 2.05) is 56.8 Å². The molecule has 0 saturated carbocycles. The first kappa shape index (κ1) is 17.8. The van der Waals surface area contributed by atoms with Crippen LogP contribution in [0.1, 0.15) is 43.6 Å². The van der Waals surface area contributed by atoms with Crippen LogP contribution < -0.4 is 4.72 Å². The number of hydrogen-bond acceptors (Lipinski definition) is 4. The van der Waals surface area contributed by atoms with Gasteiger partial charge in [-0.15, -0.1) is 4.72 Å². The Morgan fingerprint density at radius 3 is 2.83 bits per heavy atom. The fraction of sp³-hybridized carbons (Fsp3) is 0.471. The highest BCUT2D eigenvalue weighted by Gasteiger charge is 2.34. The van der Waals surface area contributed by atoms with E-state index in [1.54, 1.807) is 0 Å². The first-order chi connectivity index (χ1) is 11.3. The van der Waals surface area contributed by atoms with Gasteiger partial charge < -0.3 is 9.29 Å². The van der Waals surface area contributed by atoms with Crippen LogP contribution in [0.3, 0.4) is 0 Å². The molecule has 2 atom stereocenters. The normalized spacial score (nSPS) is 19.2. The molecule has 0 aliphatic carbocycles. The van der Waals surface area contributed by atoms with Gasteiger partial charge in [-0.05, 0) is 39.3 Å². The summed E-state index contributed by atoms with van der Waals surface area (Å²) in [4.78, 5) is 0. The second kappa shape index (κ2) is 6.69. The molecule has 1 aromatic carbocycles. The average Bonchev–Trinajstić information content (AvgIpc) is 2.91. The van der Waals surface area contributed by atoms with E-state index in [4.69, 9.17) is 16.3 Å². The summed E-state index contributed by atoms with van der Waals surface area (Å²) < 4.78 is 22.8. The van der Waals surface area contributed by atoms with Crippen LogP contribution in [-0.2, 0) is 22.7 Å². The van der Waals surface area contributed by atoms with Crippen LogP contribution in [0.4, 0.5) is 0 Å². The topological polar surface area (TPSA) is 62.1 Å². The summed E-state index contributed by atoms with van der Waals surface area (Å²) in [6, 6.07) is 5.63. The zero-order valence-corrected chi connectivity index (χ0v) is 15.9. The third-order valence-electron chi connectivity index (χ3n) is 4.01. The number of hydrogen-bond donors (Lipinski definition) is 1. The molecule has 2 aromatic rings. The molecular formula is C17H22ClN3O2S. The maximum Gasteiger partial charge on any atom is 0.136 e. The molecule has 1 aromatic heterocycles. The number of para-hydroxylation sites is 1. The molecule has 0 radical (unpaired) electrons. The molecule has 0 saturated heterocycles. The summed E-state index contributed by atoms with van der Waals surface area (Å²) in [7, 11) is 0. The number of nitrogens with one attached hydrogen (secondary N) is 1. The summed E-state index contributed by atoms with van der Waals surface area (Å²) in [6.07, 6.45) is 1.82. The minimum atomic E-state index is -1.18. The van der Waals surface area contributed by atoms with Crippen LogP contribution in [0.2, 0.25) is 5.02 Å². The zero-order chi connectivity index (χ0) is 17.5. The van der Waals surface area contributed by atoms with Gasteiger partial charge in [0.25, 0.3) is 0 Å². The molecule has 130 valence electrons. The number of rotatable bonds is 3. The first-order valence-electron chi connectivity index (χ1n) is 7.87. The highest BCUT2D eigenvalue weighted by atomic mass is 35.5. The Hall–Kier alpha value is -1.05. The molecule has 0 spiro atoms. The van der Waals surface area contributed by atoms with Gasteiger partial charge in [-0.25, -0.2) is 4.68 Å². The molecule has 2 heterocycles. The number of fused-ring (bicyclic) bond motifs is 1. The van der Waals surface area contributed by atoms with Crippen LogP contribution in [-0.4, -0.2) is 25.7 Å². The van der Waals surface area contributed by atoms with E-state index in [-0.39, 0.29) is 10.8 Å². The molecule has 1 aliphatic rings. The molecule has 1 N–H and O–H groups in total. The Labute approximate surface area is 150 Å². The molecule has 2 unspecified atom stereocenters. The van der Waals surface area contributed by atoms with Gasteiger partial charge in [0, 0.05) is 16.9 Å². The van der Waals surface area contributed by atoms with Gasteiger partial charge >= 0.3 is 0 Å². The van der Waals surface area contributed by atoms with Crippen LogP contribution in [0, 0.1) is 6.92 Å². The van der Waals surface area contributed by atoms with E-state index in [0.29, 0.717) is 18.2 Å². The van der Waals surface area contributed by atoms with Crippen LogP contribution in [0.5, 0.6) is 0 Å². The minimum Gasteiger partial charge on any atom is -0.598 e. The van der Waals surface area contributed by atoms with Crippen LogP contribution in [0.15, 0.2) is 24.4 Å². The lowest BCUT2D eigenvalue weighted by molar-refractivity contribution is 0.0843. The highest BCUT2D eigenvalue weighted by Crippen LogP contribution is 2.32. The number of benzene rings is 1. The lowest BCUT2D eigenvalue weighted by Crippen LogP contribution is -2.43. The molecule has 0 fully saturated rings. The van der Waals surface area contributed by atoms with Crippen molar-refractivity contribution >= 4 is 23.0 Å². The zero-order valence-electron chi connectivity index (χ0n) is 14.3. The second-order valence-corrected chi connectivity index (χ2v) is 9.34. The number of halogens is 1. The van der Waals surface area contributed by atoms with Crippen molar-refractivity contribution < 1.29 is 9.29 Å². The molecule has 0 bridgehead atoms. The minimum absolute atomic E-state index is 0.148. The molecule has 0 amide bonds. The van der Waals surface area contributed by atoms with Crippen LogP contribution >= 0.6 is 11.6 Å². The summed E-state index contributed by atoms with van der Waals surface area (Å²) in [5, 5.41) is 5.17. The number of nitrogens with zero attached hydrogens (tertiary/aromatic N) is 2. The standard InChI is InChI=1S/C17H22ClN3O2S/c1-11-6-5-7-13(18)16(11)21-15-10-23-9-14(12(15)8-19-21)20-24(22)17(2,3)4/h5-8,14,20H,9-10H2,1-4H3. The van der Waals surface area contributed by atoms with Crippen molar-refractivity contribution in [3.05, 3.63) is 46.2 Å². The van der Waals surface area contributed by atoms with Gasteiger partial charge in [0.05, 0.1) is 35.8 Å². The van der Waals surface area contributed by atoms with Crippen molar-refractivity contribution in [3.63, 3.8) is 0 Å². The Bertz CT molecular complexity index is 722. The average molecular weight is 368 g/mol. The SMILES string of the molecule is Cc1cccc(Cl)c1-n1ncc2c1COCC2N[S+]([O-])C(C)(C)C. The summed E-state index contributed by atoms with van der Waals surface area (Å²) in [6.45, 7) is 8.76. The molecule has 5 nitrogen and oxygen atoms in total. The van der Waals surface area contributed by atoms with Gasteiger partial charge in [0.2, 0.25) is 0 Å². The fourth-order valence-electron chi connectivity index (χ4n) is 2.67. The third kappa shape index (κ3) is 3.34. The van der Waals surface area contributed by atoms with E-state index >= 15 is 0 Å². The lowest BCUT2D eigenvalue weighted by Gasteiger charge is -2.30. The van der Waals surface area contributed by atoms with Crippen molar-refractivity contribution in [2.45, 2.75) is 45.1 Å². The number of aromatic nitrogens is 2.